The first-order chi connectivity index (χ1) is 15.6. The first kappa shape index (κ1) is 20.1. The van der Waals surface area contributed by atoms with Gasteiger partial charge < -0.3 is 14.0 Å². The molecular formula is C27H25N3O2. The zero-order chi connectivity index (χ0) is 22.0. The van der Waals surface area contributed by atoms with E-state index in [2.05, 4.69) is 70.9 Å². The van der Waals surface area contributed by atoms with Crippen LogP contribution < -0.4 is 9.47 Å². The number of imidazole rings is 1. The molecular weight excluding hydrogens is 398 g/mol. The molecule has 4 aromatic rings. The predicted molar refractivity (Wildman–Crippen MR) is 125 cm³/mol. The highest BCUT2D eigenvalue weighted by Gasteiger charge is 2.24. The lowest BCUT2D eigenvalue weighted by Crippen LogP contribution is -2.27. The van der Waals surface area contributed by atoms with E-state index in [-0.39, 0.29) is 11.6 Å². The van der Waals surface area contributed by atoms with Crippen LogP contribution in [-0.4, -0.2) is 20.1 Å². The molecule has 0 aliphatic carbocycles. The Morgan fingerprint density at radius 2 is 1.91 bits per heavy atom. The van der Waals surface area contributed by atoms with E-state index in [4.69, 9.17) is 9.47 Å². The third-order valence-corrected chi connectivity index (χ3v) is 5.51. The fourth-order valence-electron chi connectivity index (χ4n) is 3.95. The first-order valence-electron chi connectivity index (χ1n) is 10.7. The van der Waals surface area contributed by atoms with Gasteiger partial charge in [0.2, 0.25) is 0 Å². The van der Waals surface area contributed by atoms with Gasteiger partial charge in [0.1, 0.15) is 23.7 Å². The van der Waals surface area contributed by atoms with Gasteiger partial charge in [-0.15, -0.1) is 0 Å². The summed E-state index contributed by atoms with van der Waals surface area (Å²) in [7, 11) is 0. The highest BCUT2D eigenvalue weighted by atomic mass is 16.5. The Balaban J connectivity index is 1.47. The number of pyridine rings is 1. The molecule has 1 aliphatic heterocycles. The van der Waals surface area contributed by atoms with Crippen LogP contribution in [0.15, 0.2) is 91.8 Å². The van der Waals surface area contributed by atoms with Crippen LogP contribution in [0.1, 0.15) is 42.1 Å². The van der Waals surface area contributed by atoms with Gasteiger partial charge in [-0.1, -0.05) is 30.3 Å². The minimum atomic E-state index is -0.293. The third-order valence-electron chi connectivity index (χ3n) is 5.51. The standard InChI is InChI=1S/C27H25N3O2/c1-27(2)11-10-21-15-23(8-9-25(21)32-27)26(30-14-13-29-19-30)22-6-3-7-24(16-22)31-18-20-5-4-12-28-17-20/h3-17,19,26H,18H2,1-2H3. The summed E-state index contributed by atoms with van der Waals surface area (Å²) in [6.45, 7) is 4.60. The molecule has 1 atom stereocenters. The second-order valence-corrected chi connectivity index (χ2v) is 8.47. The van der Waals surface area contributed by atoms with Crippen molar-refractivity contribution in [1.82, 2.24) is 14.5 Å². The monoisotopic (exact) mass is 423 g/mol. The molecule has 0 bridgehead atoms. The number of hydrogen-bond acceptors (Lipinski definition) is 4. The largest absolute Gasteiger partial charge is 0.489 e. The van der Waals surface area contributed by atoms with E-state index < -0.39 is 0 Å². The van der Waals surface area contributed by atoms with Gasteiger partial charge in [-0.3, -0.25) is 4.98 Å². The van der Waals surface area contributed by atoms with Crippen LogP contribution in [0.5, 0.6) is 11.5 Å². The lowest BCUT2D eigenvalue weighted by atomic mass is 9.94. The van der Waals surface area contributed by atoms with Crippen LogP contribution >= 0.6 is 0 Å². The van der Waals surface area contributed by atoms with Gasteiger partial charge in [0, 0.05) is 35.9 Å². The summed E-state index contributed by atoms with van der Waals surface area (Å²) < 4.78 is 14.3. The Morgan fingerprint density at radius 3 is 2.72 bits per heavy atom. The fourth-order valence-corrected chi connectivity index (χ4v) is 3.95. The average Bonchev–Trinajstić information content (AvgIpc) is 3.33. The summed E-state index contributed by atoms with van der Waals surface area (Å²) in [5, 5.41) is 0. The molecule has 32 heavy (non-hydrogen) atoms. The van der Waals surface area contributed by atoms with Gasteiger partial charge in [-0.05, 0) is 61.4 Å². The van der Waals surface area contributed by atoms with Crippen LogP contribution in [-0.2, 0) is 6.61 Å². The SMILES string of the molecule is CC1(C)C=Cc2cc(C(c3cccc(OCc4cccnc4)c3)n3ccnc3)ccc2O1. The molecule has 0 amide bonds. The zero-order valence-corrected chi connectivity index (χ0v) is 18.2. The van der Waals surface area contributed by atoms with Crippen molar-refractivity contribution in [1.29, 1.82) is 0 Å². The van der Waals surface area contributed by atoms with Crippen LogP contribution in [0.2, 0.25) is 0 Å². The van der Waals surface area contributed by atoms with E-state index in [1.54, 1.807) is 12.4 Å². The molecule has 160 valence electrons. The maximum absolute atomic E-state index is 6.11. The molecule has 5 heteroatoms. The van der Waals surface area contributed by atoms with E-state index in [0.717, 1.165) is 33.8 Å². The Bertz CT molecular complexity index is 1230. The predicted octanol–water partition coefficient (Wildman–Crippen LogP) is 5.68. The van der Waals surface area contributed by atoms with Gasteiger partial charge >= 0.3 is 0 Å². The second kappa shape index (κ2) is 8.35. The molecule has 0 saturated heterocycles. The van der Waals surface area contributed by atoms with E-state index in [0.29, 0.717) is 6.61 Å². The number of hydrogen-bond donors (Lipinski definition) is 0. The maximum Gasteiger partial charge on any atom is 0.127 e. The number of nitrogens with zero attached hydrogens (tertiary/aromatic N) is 3. The molecule has 0 saturated carbocycles. The molecule has 3 heterocycles. The van der Waals surface area contributed by atoms with E-state index in [9.17, 15) is 0 Å². The number of aromatic nitrogens is 3. The molecule has 0 N–H and O–H groups in total. The molecule has 1 unspecified atom stereocenters. The number of fused-ring (bicyclic) bond motifs is 1. The smallest absolute Gasteiger partial charge is 0.127 e. The first-order valence-corrected chi connectivity index (χ1v) is 10.7. The van der Waals surface area contributed by atoms with Crippen molar-refractivity contribution < 1.29 is 9.47 Å². The maximum atomic E-state index is 6.11. The van der Waals surface area contributed by atoms with Crippen molar-refractivity contribution in [2.45, 2.75) is 32.1 Å². The quantitative estimate of drug-likeness (QED) is 0.400. The van der Waals surface area contributed by atoms with Crippen LogP contribution in [0.3, 0.4) is 0 Å². The van der Waals surface area contributed by atoms with Gasteiger partial charge in [0.25, 0.3) is 0 Å². The van der Waals surface area contributed by atoms with Crippen molar-refractivity contribution in [3.05, 3.63) is 114 Å². The van der Waals surface area contributed by atoms with Crippen molar-refractivity contribution in [3.63, 3.8) is 0 Å². The van der Waals surface area contributed by atoms with Gasteiger partial charge in [0.05, 0.1) is 12.4 Å². The van der Waals surface area contributed by atoms with Crippen LogP contribution in [0.4, 0.5) is 0 Å². The third kappa shape index (κ3) is 4.28. The number of rotatable bonds is 6. The van der Waals surface area contributed by atoms with Crippen molar-refractivity contribution >= 4 is 6.08 Å². The summed E-state index contributed by atoms with van der Waals surface area (Å²) in [5.41, 5.74) is 4.09. The van der Waals surface area contributed by atoms with Crippen molar-refractivity contribution in [2.24, 2.45) is 0 Å². The molecule has 0 spiro atoms. The highest BCUT2D eigenvalue weighted by molar-refractivity contribution is 5.62. The van der Waals surface area contributed by atoms with Crippen molar-refractivity contribution in [3.8, 4) is 11.5 Å². The molecule has 0 radical (unpaired) electrons. The summed E-state index contributed by atoms with van der Waals surface area (Å²) in [6, 6.07) is 18.5. The Kier molecular flexibility index (Phi) is 5.23. The Labute approximate surface area is 188 Å². The Morgan fingerprint density at radius 1 is 1.00 bits per heavy atom. The van der Waals surface area contributed by atoms with Crippen LogP contribution in [0.25, 0.3) is 6.08 Å². The second-order valence-electron chi connectivity index (χ2n) is 8.47. The van der Waals surface area contributed by atoms with Gasteiger partial charge in [-0.25, -0.2) is 4.98 Å². The highest BCUT2D eigenvalue weighted by Crippen LogP contribution is 2.36. The molecule has 2 aromatic carbocycles. The molecule has 5 rings (SSSR count). The lowest BCUT2D eigenvalue weighted by molar-refractivity contribution is 0.159. The topological polar surface area (TPSA) is 49.2 Å². The average molecular weight is 424 g/mol. The van der Waals surface area contributed by atoms with E-state index in [1.165, 1.54) is 0 Å². The fraction of sp³-hybridized carbons (Fsp3) is 0.185. The summed E-state index contributed by atoms with van der Waals surface area (Å²) in [5.74, 6) is 1.72. The van der Waals surface area contributed by atoms with E-state index in [1.807, 2.05) is 43.0 Å². The minimum Gasteiger partial charge on any atom is -0.489 e. The summed E-state index contributed by atoms with van der Waals surface area (Å²) in [4.78, 5) is 8.44. The lowest BCUT2D eigenvalue weighted by Gasteiger charge is -2.29. The van der Waals surface area contributed by atoms with E-state index >= 15 is 0 Å². The normalized spacial score (nSPS) is 14.9. The van der Waals surface area contributed by atoms with Gasteiger partial charge in [0.15, 0.2) is 0 Å². The van der Waals surface area contributed by atoms with Crippen molar-refractivity contribution in [2.75, 3.05) is 0 Å². The summed E-state index contributed by atoms with van der Waals surface area (Å²) in [6.07, 6.45) is 13.5. The van der Waals surface area contributed by atoms with Crippen LogP contribution in [0, 0.1) is 0 Å². The molecule has 1 aliphatic rings. The molecule has 2 aromatic heterocycles. The molecule has 5 nitrogen and oxygen atoms in total. The summed E-state index contributed by atoms with van der Waals surface area (Å²) >= 11 is 0. The Hall–Kier alpha value is -3.86. The van der Waals surface area contributed by atoms with Gasteiger partial charge in [-0.2, -0.15) is 0 Å². The zero-order valence-electron chi connectivity index (χ0n) is 18.2. The number of ether oxygens (including phenoxy) is 2. The number of benzene rings is 2. The minimum absolute atomic E-state index is 0.0342. The molecule has 0 fully saturated rings.